The van der Waals surface area contributed by atoms with Crippen LogP contribution in [0.15, 0.2) is 138 Å². The fraction of sp³-hybridized carbons (Fsp3) is 0.195. The van der Waals surface area contributed by atoms with Gasteiger partial charge in [-0.2, -0.15) is 0 Å². The van der Waals surface area contributed by atoms with Crippen molar-refractivity contribution in [3.05, 3.63) is 160 Å². The molecule has 0 radical (unpaired) electrons. The zero-order chi connectivity index (χ0) is 28.3. The minimum absolute atomic E-state index is 0.110. The van der Waals surface area contributed by atoms with E-state index in [4.69, 9.17) is 4.99 Å². The third-order valence-electron chi connectivity index (χ3n) is 9.78. The number of fused-ring (bicyclic) bond motifs is 6. The van der Waals surface area contributed by atoms with E-state index in [1.807, 2.05) is 0 Å². The van der Waals surface area contributed by atoms with Gasteiger partial charge >= 0.3 is 0 Å². The molecule has 0 spiro atoms. The van der Waals surface area contributed by atoms with Gasteiger partial charge in [-0.25, -0.2) is 0 Å². The van der Waals surface area contributed by atoms with E-state index in [1.165, 1.54) is 66.6 Å². The Bertz CT molecular complexity index is 1950. The maximum Gasteiger partial charge on any atom is 0.0749 e. The van der Waals surface area contributed by atoms with Crippen molar-refractivity contribution in [2.45, 2.75) is 50.9 Å². The molecule has 1 atom stereocenters. The van der Waals surface area contributed by atoms with Crippen molar-refractivity contribution >= 4 is 22.1 Å². The van der Waals surface area contributed by atoms with Gasteiger partial charge in [0.15, 0.2) is 0 Å². The number of nitrogens with zero attached hydrogens (tertiary/aromatic N) is 1. The molecule has 0 aromatic heterocycles. The highest BCUT2D eigenvalue weighted by Gasteiger charge is 2.40. The highest BCUT2D eigenvalue weighted by molar-refractivity contribution is 6.20. The van der Waals surface area contributed by atoms with E-state index in [0.29, 0.717) is 0 Å². The number of allylic oxidation sites excluding steroid dienone is 4. The summed E-state index contributed by atoms with van der Waals surface area (Å²) >= 11 is 0. The minimum Gasteiger partial charge on any atom is -0.252 e. The molecule has 0 bridgehead atoms. The monoisotopic (exact) mass is 541 g/mol. The molecule has 0 saturated heterocycles. The highest BCUT2D eigenvalue weighted by Crippen LogP contribution is 2.51. The molecule has 1 unspecified atom stereocenters. The molecule has 1 heteroatoms. The zero-order valence-electron chi connectivity index (χ0n) is 24.4. The van der Waals surface area contributed by atoms with Crippen LogP contribution in [0, 0.1) is 0 Å². The smallest absolute Gasteiger partial charge is 0.0749 e. The standard InChI is InChI=1S/C41H35N/c1-41(2)37-21-11-10-19-33(37)35-20-12-22-38(42-40(39(35)41)27-13-4-3-5-14-27)34-24-23-30-25-28-15-6-7-16-29(28)26-36(30)32-18-9-8-17-31(32)34/h3-11,13-19,21-22,25-26,34H,12,20,23-24H2,1-2H3/b38-22-,42-40?. The Kier molecular flexibility index (Phi) is 5.89. The average molecular weight is 542 g/mol. The van der Waals surface area contributed by atoms with Gasteiger partial charge in [0.05, 0.1) is 5.71 Å². The van der Waals surface area contributed by atoms with Crippen LogP contribution in [-0.4, -0.2) is 5.71 Å². The van der Waals surface area contributed by atoms with E-state index in [-0.39, 0.29) is 11.3 Å². The van der Waals surface area contributed by atoms with Crippen molar-refractivity contribution in [1.29, 1.82) is 0 Å². The summed E-state index contributed by atoms with van der Waals surface area (Å²) in [6.07, 6.45) is 6.58. The summed E-state index contributed by atoms with van der Waals surface area (Å²) in [6, 6.07) is 42.6. The normalized spacial score (nSPS) is 20.2. The predicted molar refractivity (Wildman–Crippen MR) is 177 cm³/mol. The van der Waals surface area contributed by atoms with Crippen LogP contribution in [0.3, 0.4) is 0 Å². The van der Waals surface area contributed by atoms with Gasteiger partial charge in [-0.05, 0) is 87.0 Å². The van der Waals surface area contributed by atoms with Crippen LogP contribution in [0.2, 0.25) is 0 Å². The Labute approximate surface area is 249 Å². The maximum atomic E-state index is 5.73. The van der Waals surface area contributed by atoms with Crippen molar-refractivity contribution in [2.24, 2.45) is 4.99 Å². The summed E-state index contributed by atoms with van der Waals surface area (Å²) in [4.78, 5) is 5.73. The molecule has 0 saturated carbocycles. The first-order valence-electron chi connectivity index (χ1n) is 15.4. The van der Waals surface area contributed by atoms with Gasteiger partial charge in [0.2, 0.25) is 0 Å². The molecule has 5 aromatic carbocycles. The van der Waals surface area contributed by atoms with Crippen LogP contribution in [0.4, 0.5) is 0 Å². The van der Waals surface area contributed by atoms with Crippen LogP contribution in [-0.2, 0) is 11.8 Å². The number of rotatable bonds is 2. The summed E-state index contributed by atoms with van der Waals surface area (Å²) in [5.41, 5.74) is 14.7. The van der Waals surface area contributed by atoms with E-state index in [0.717, 1.165) is 31.4 Å². The SMILES string of the molecule is CC1(C)C2=C(CC/C=C(/C3CCc4cc5ccccc5cc4-c4ccccc43)N=C2c2ccccc2)c2ccccc21. The Hall–Kier alpha value is -4.49. The molecule has 1 nitrogen and oxygen atoms in total. The Morgan fingerprint density at radius 2 is 1.36 bits per heavy atom. The number of aryl methyl sites for hydroxylation is 1. The third-order valence-corrected chi connectivity index (χ3v) is 9.78. The van der Waals surface area contributed by atoms with E-state index >= 15 is 0 Å². The summed E-state index contributed by atoms with van der Waals surface area (Å²) in [7, 11) is 0. The van der Waals surface area contributed by atoms with E-state index in [1.54, 1.807) is 0 Å². The first-order valence-corrected chi connectivity index (χ1v) is 15.4. The summed E-state index contributed by atoms with van der Waals surface area (Å²) in [6.45, 7) is 4.78. The maximum absolute atomic E-state index is 5.73. The second-order valence-corrected chi connectivity index (χ2v) is 12.6. The largest absolute Gasteiger partial charge is 0.252 e. The molecule has 1 aliphatic heterocycles. The minimum atomic E-state index is -0.110. The summed E-state index contributed by atoms with van der Waals surface area (Å²) < 4.78 is 0. The average Bonchev–Trinajstić information content (AvgIpc) is 3.12. The molecule has 3 aliphatic rings. The first-order chi connectivity index (χ1) is 20.6. The van der Waals surface area contributed by atoms with Gasteiger partial charge in [0.25, 0.3) is 0 Å². The van der Waals surface area contributed by atoms with Gasteiger partial charge in [-0.3, -0.25) is 4.99 Å². The quantitative estimate of drug-likeness (QED) is 0.211. The predicted octanol–water partition coefficient (Wildman–Crippen LogP) is 10.4. The highest BCUT2D eigenvalue weighted by atomic mass is 14.8. The van der Waals surface area contributed by atoms with Crippen LogP contribution in [0.25, 0.3) is 27.5 Å². The van der Waals surface area contributed by atoms with Crippen molar-refractivity contribution < 1.29 is 0 Å². The van der Waals surface area contributed by atoms with E-state index in [2.05, 4.69) is 135 Å². The van der Waals surface area contributed by atoms with Crippen LogP contribution in [0.1, 0.15) is 66.8 Å². The molecule has 42 heavy (non-hydrogen) atoms. The Morgan fingerprint density at radius 3 is 2.19 bits per heavy atom. The Morgan fingerprint density at radius 1 is 0.667 bits per heavy atom. The first kappa shape index (κ1) is 25.2. The van der Waals surface area contributed by atoms with Crippen molar-refractivity contribution in [3.63, 3.8) is 0 Å². The van der Waals surface area contributed by atoms with E-state index in [9.17, 15) is 0 Å². The number of hydrogen-bond donors (Lipinski definition) is 0. The van der Waals surface area contributed by atoms with Crippen LogP contribution in [0.5, 0.6) is 0 Å². The fourth-order valence-corrected chi connectivity index (χ4v) is 7.81. The van der Waals surface area contributed by atoms with Crippen molar-refractivity contribution in [2.75, 3.05) is 0 Å². The van der Waals surface area contributed by atoms with Gasteiger partial charge < -0.3 is 0 Å². The van der Waals surface area contributed by atoms with Crippen molar-refractivity contribution in [1.82, 2.24) is 0 Å². The summed E-state index contributed by atoms with van der Waals surface area (Å²) in [5.74, 6) is 0.240. The second kappa shape index (κ2) is 9.81. The Balaban J connectivity index is 1.31. The zero-order valence-corrected chi connectivity index (χ0v) is 24.4. The van der Waals surface area contributed by atoms with Gasteiger partial charge in [0.1, 0.15) is 0 Å². The van der Waals surface area contributed by atoms with Crippen molar-refractivity contribution in [3.8, 4) is 11.1 Å². The number of aliphatic imine (C=N–C) groups is 1. The summed E-state index contributed by atoms with van der Waals surface area (Å²) in [5, 5.41) is 2.63. The van der Waals surface area contributed by atoms with E-state index < -0.39 is 0 Å². The molecule has 8 rings (SSSR count). The molecule has 2 aliphatic carbocycles. The third kappa shape index (κ3) is 3.95. The fourth-order valence-electron chi connectivity index (χ4n) is 7.81. The van der Waals surface area contributed by atoms with Gasteiger partial charge in [0, 0.05) is 22.6 Å². The lowest BCUT2D eigenvalue weighted by Crippen LogP contribution is -2.25. The lowest BCUT2D eigenvalue weighted by atomic mass is 9.77. The van der Waals surface area contributed by atoms with Gasteiger partial charge in [-0.15, -0.1) is 0 Å². The van der Waals surface area contributed by atoms with Gasteiger partial charge in [-0.1, -0.05) is 129 Å². The number of benzene rings is 5. The molecular formula is C41H35N. The lowest BCUT2D eigenvalue weighted by Gasteiger charge is -2.28. The van der Waals surface area contributed by atoms with Crippen LogP contribution < -0.4 is 0 Å². The number of hydrogen-bond acceptors (Lipinski definition) is 1. The molecule has 0 amide bonds. The second-order valence-electron chi connectivity index (χ2n) is 12.6. The molecule has 0 fully saturated rings. The lowest BCUT2D eigenvalue weighted by molar-refractivity contribution is 0.658. The molecule has 1 heterocycles. The molecule has 0 N–H and O–H groups in total. The van der Waals surface area contributed by atoms with Crippen LogP contribution >= 0.6 is 0 Å². The topological polar surface area (TPSA) is 12.4 Å². The molecule has 204 valence electrons. The molecule has 5 aromatic rings. The molecular weight excluding hydrogens is 506 g/mol.